The largest absolute Gasteiger partial charge is 0.465 e. The number of ether oxygens (including phenoxy) is 2. The van der Waals surface area contributed by atoms with Crippen LogP contribution >= 0.6 is 0 Å². The Kier molecular flexibility index (Phi) is 5.42. The number of fused-ring (bicyclic) bond motifs is 1. The highest BCUT2D eigenvalue weighted by Gasteiger charge is 2.54. The van der Waals surface area contributed by atoms with Gasteiger partial charge in [-0.05, 0) is 31.7 Å². The fraction of sp³-hybridized carbons (Fsp3) is 0.600. The molecule has 0 spiro atoms. The summed E-state index contributed by atoms with van der Waals surface area (Å²) in [4.78, 5) is 26.6. The number of hydrogen-bond acceptors (Lipinski definition) is 4. The molecule has 1 amide bonds. The molecule has 5 nitrogen and oxygen atoms in total. The molecule has 1 aliphatic heterocycles. The Morgan fingerprint density at radius 1 is 1.32 bits per heavy atom. The minimum absolute atomic E-state index is 0.107. The van der Waals surface area contributed by atoms with Crippen LogP contribution in [0.3, 0.4) is 0 Å². The van der Waals surface area contributed by atoms with E-state index in [4.69, 9.17) is 9.47 Å². The van der Waals surface area contributed by atoms with E-state index in [1.54, 1.807) is 11.8 Å². The van der Waals surface area contributed by atoms with E-state index in [2.05, 4.69) is 0 Å². The molecule has 3 rings (SSSR count). The number of carbonyl (C=O) groups is 2. The minimum Gasteiger partial charge on any atom is -0.465 e. The zero-order valence-corrected chi connectivity index (χ0v) is 15.1. The molecular weight excluding hydrogens is 318 g/mol. The van der Waals surface area contributed by atoms with E-state index in [9.17, 15) is 9.59 Å². The molecule has 0 aromatic heterocycles. The van der Waals surface area contributed by atoms with Crippen molar-refractivity contribution in [2.75, 3.05) is 20.3 Å². The van der Waals surface area contributed by atoms with Crippen molar-refractivity contribution >= 4 is 11.9 Å². The van der Waals surface area contributed by atoms with Gasteiger partial charge in [-0.15, -0.1) is 0 Å². The first-order valence-electron chi connectivity index (χ1n) is 9.12. The van der Waals surface area contributed by atoms with Gasteiger partial charge in [-0.3, -0.25) is 9.59 Å². The summed E-state index contributed by atoms with van der Waals surface area (Å²) in [5, 5.41) is 0. The summed E-state index contributed by atoms with van der Waals surface area (Å²) in [6.45, 7) is 3.19. The number of likely N-dealkylation sites (tertiary alicyclic amines) is 1. The van der Waals surface area contributed by atoms with Crippen LogP contribution in [-0.4, -0.2) is 43.1 Å². The maximum Gasteiger partial charge on any atom is 0.318 e. The fourth-order valence-electron chi connectivity index (χ4n) is 4.46. The molecule has 0 bridgehead atoms. The molecular formula is C20H27NO4. The Morgan fingerprint density at radius 3 is 2.80 bits per heavy atom. The monoisotopic (exact) mass is 345 g/mol. The van der Waals surface area contributed by atoms with Crippen LogP contribution in [0.2, 0.25) is 0 Å². The Bertz CT molecular complexity index is 617. The normalized spacial score (nSPS) is 28.7. The van der Waals surface area contributed by atoms with Crippen molar-refractivity contribution in [2.45, 2.75) is 45.3 Å². The molecule has 5 heteroatoms. The smallest absolute Gasteiger partial charge is 0.318 e. The average Bonchev–Trinajstić information content (AvgIpc) is 3.03. The van der Waals surface area contributed by atoms with Gasteiger partial charge in [-0.25, -0.2) is 0 Å². The Balaban J connectivity index is 1.72. The molecule has 1 heterocycles. The first-order valence-corrected chi connectivity index (χ1v) is 9.12. The van der Waals surface area contributed by atoms with Gasteiger partial charge >= 0.3 is 5.97 Å². The third-order valence-electron chi connectivity index (χ3n) is 5.66. The molecule has 0 N–H and O–H groups in total. The van der Waals surface area contributed by atoms with E-state index < -0.39 is 11.9 Å². The summed E-state index contributed by atoms with van der Waals surface area (Å²) in [6, 6.07) is 10.2. The van der Waals surface area contributed by atoms with Gasteiger partial charge in [-0.1, -0.05) is 36.8 Å². The summed E-state index contributed by atoms with van der Waals surface area (Å²) >= 11 is 0. The minimum atomic E-state index is -0.695. The van der Waals surface area contributed by atoms with Crippen molar-refractivity contribution < 1.29 is 19.1 Å². The lowest BCUT2D eigenvalue weighted by atomic mass is 9.71. The van der Waals surface area contributed by atoms with Gasteiger partial charge in [-0.2, -0.15) is 0 Å². The van der Waals surface area contributed by atoms with Crippen LogP contribution in [0, 0.1) is 11.3 Å². The van der Waals surface area contributed by atoms with E-state index in [1.165, 1.54) is 0 Å². The van der Waals surface area contributed by atoms with Crippen LogP contribution in [-0.2, 0) is 25.7 Å². The van der Waals surface area contributed by atoms with Gasteiger partial charge in [0.2, 0.25) is 5.91 Å². The van der Waals surface area contributed by atoms with E-state index in [-0.39, 0.29) is 17.4 Å². The highest BCUT2D eigenvalue weighted by molar-refractivity contribution is 5.98. The fourth-order valence-corrected chi connectivity index (χ4v) is 4.46. The summed E-state index contributed by atoms with van der Waals surface area (Å²) in [6.07, 6.45) is 3.56. The zero-order valence-electron chi connectivity index (χ0n) is 15.1. The second-order valence-corrected chi connectivity index (χ2v) is 7.21. The van der Waals surface area contributed by atoms with Gasteiger partial charge < -0.3 is 14.4 Å². The third kappa shape index (κ3) is 3.56. The topological polar surface area (TPSA) is 55.8 Å². The summed E-state index contributed by atoms with van der Waals surface area (Å²) < 4.78 is 11.2. The molecule has 0 radical (unpaired) electrons. The van der Waals surface area contributed by atoms with Crippen LogP contribution in [0.4, 0.5) is 0 Å². The predicted octanol–water partition coefficient (Wildman–Crippen LogP) is 2.78. The number of nitrogens with zero attached hydrogens (tertiary/aromatic N) is 1. The van der Waals surface area contributed by atoms with Gasteiger partial charge in [0.15, 0.2) is 0 Å². The average molecular weight is 345 g/mol. The zero-order chi connectivity index (χ0) is 17.9. The van der Waals surface area contributed by atoms with E-state index in [0.717, 1.165) is 24.8 Å². The quantitative estimate of drug-likeness (QED) is 0.588. The van der Waals surface area contributed by atoms with Crippen LogP contribution < -0.4 is 0 Å². The molecule has 3 atom stereocenters. The van der Waals surface area contributed by atoms with Crippen LogP contribution in [0.15, 0.2) is 30.3 Å². The molecule has 136 valence electrons. The summed E-state index contributed by atoms with van der Waals surface area (Å²) in [5.74, 6) is -1.20. The van der Waals surface area contributed by atoms with Gasteiger partial charge in [0.1, 0.15) is 5.92 Å². The molecule has 1 saturated heterocycles. The number of benzene rings is 1. The van der Waals surface area contributed by atoms with E-state index >= 15 is 0 Å². The van der Waals surface area contributed by atoms with Crippen molar-refractivity contribution in [3.05, 3.63) is 35.9 Å². The van der Waals surface area contributed by atoms with Crippen LogP contribution in [0.5, 0.6) is 0 Å². The maximum atomic E-state index is 12.6. The SMILES string of the molecule is CCOC(=O)C1C[C@@]2(COCc3ccccc3)CCC[C@H]2N(C)C1=O. The highest BCUT2D eigenvalue weighted by Crippen LogP contribution is 2.49. The Morgan fingerprint density at radius 2 is 2.08 bits per heavy atom. The first kappa shape index (κ1) is 17.9. The van der Waals surface area contributed by atoms with Crippen molar-refractivity contribution in [3.8, 4) is 0 Å². The van der Waals surface area contributed by atoms with E-state index in [0.29, 0.717) is 26.2 Å². The lowest BCUT2D eigenvalue weighted by molar-refractivity contribution is -0.166. The van der Waals surface area contributed by atoms with Gasteiger partial charge in [0.25, 0.3) is 0 Å². The number of hydrogen-bond donors (Lipinski definition) is 0. The second-order valence-electron chi connectivity index (χ2n) is 7.21. The highest BCUT2D eigenvalue weighted by atomic mass is 16.5. The number of piperidine rings is 1. The van der Waals surface area contributed by atoms with Crippen molar-refractivity contribution in [1.82, 2.24) is 4.90 Å². The number of esters is 1. The lowest BCUT2D eigenvalue weighted by Crippen LogP contribution is -2.57. The van der Waals surface area contributed by atoms with Crippen LogP contribution in [0.1, 0.15) is 38.2 Å². The van der Waals surface area contributed by atoms with E-state index in [1.807, 2.05) is 37.4 Å². The molecule has 25 heavy (non-hydrogen) atoms. The Hall–Kier alpha value is -1.88. The lowest BCUT2D eigenvalue weighted by Gasteiger charge is -2.46. The van der Waals surface area contributed by atoms with Gasteiger partial charge in [0, 0.05) is 18.5 Å². The van der Waals surface area contributed by atoms with Crippen molar-refractivity contribution in [2.24, 2.45) is 11.3 Å². The van der Waals surface area contributed by atoms with Gasteiger partial charge in [0.05, 0.1) is 19.8 Å². The predicted molar refractivity (Wildman–Crippen MR) is 93.7 cm³/mol. The molecule has 1 aromatic carbocycles. The number of rotatable bonds is 6. The van der Waals surface area contributed by atoms with Crippen molar-refractivity contribution in [1.29, 1.82) is 0 Å². The standard InChI is InChI=1S/C20H27NO4/c1-3-25-19(23)16-12-20(11-7-10-17(20)21(2)18(16)22)14-24-13-15-8-5-4-6-9-15/h4-6,8-9,16-17H,3,7,10-14H2,1-2H3/t16?,17-,20-/m1/s1. The summed E-state index contributed by atoms with van der Waals surface area (Å²) in [7, 11) is 1.82. The molecule has 1 saturated carbocycles. The maximum absolute atomic E-state index is 12.6. The molecule has 1 aliphatic carbocycles. The first-order chi connectivity index (χ1) is 12.1. The molecule has 1 aromatic rings. The third-order valence-corrected chi connectivity index (χ3v) is 5.66. The molecule has 2 fully saturated rings. The summed E-state index contributed by atoms with van der Waals surface area (Å²) in [5.41, 5.74) is 0.991. The second kappa shape index (κ2) is 7.56. The Labute approximate surface area is 149 Å². The van der Waals surface area contributed by atoms with Crippen molar-refractivity contribution in [3.63, 3.8) is 0 Å². The van der Waals surface area contributed by atoms with Crippen LogP contribution in [0.25, 0.3) is 0 Å². The molecule has 2 aliphatic rings. The number of carbonyl (C=O) groups excluding carboxylic acids is 2. The number of amides is 1. The molecule has 1 unspecified atom stereocenters.